The smallest absolute Gasteiger partial charge is 0.287 e. The average molecular weight is 524 g/mol. The summed E-state index contributed by atoms with van der Waals surface area (Å²) in [4.78, 5) is 66.3. The molecule has 3 saturated heterocycles. The zero-order valence-electron chi connectivity index (χ0n) is 19.0. The van der Waals surface area contributed by atoms with Crippen molar-refractivity contribution in [2.45, 2.75) is 12.1 Å². The highest BCUT2D eigenvalue weighted by molar-refractivity contribution is 6.32. The first kappa shape index (κ1) is 23.2. The maximum absolute atomic E-state index is 14.1. The van der Waals surface area contributed by atoms with Crippen molar-refractivity contribution in [3.8, 4) is 0 Å². The van der Waals surface area contributed by atoms with Crippen LogP contribution >= 0.6 is 11.6 Å². The van der Waals surface area contributed by atoms with Crippen LogP contribution in [0, 0.1) is 15.0 Å². The number of urea groups is 1. The minimum Gasteiger partial charge on any atom is -0.287 e. The molecule has 0 saturated carbocycles. The second-order valence-electron chi connectivity index (χ2n) is 9.31. The number of piperazine rings is 1. The number of imide groups is 1. The molecule has 3 aliphatic rings. The van der Waals surface area contributed by atoms with Crippen LogP contribution in [-0.4, -0.2) is 74.0 Å². The van der Waals surface area contributed by atoms with Gasteiger partial charge in [0.05, 0.1) is 34.0 Å². The quantitative estimate of drug-likeness (QED) is 0.176. The van der Waals surface area contributed by atoms with Crippen LogP contribution in [0.3, 0.4) is 0 Å². The molecule has 3 unspecified atom stereocenters. The van der Waals surface area contributed by atoms with Crippen LogP contribution in [0.1, 0.15) is 10.4 Å². The Morgan fingerprint density at radius 2 is 1.76 bits per heavy atom. The van der Waals surface area contributed by atoms with Crippen LogP contribution in [0.5, 0.6) is 0 Å². The minimum atomic E-state index is -0.943. The monoisotopic (exact) mass is 523 g/mol. The number of carbonyl (C=O) groups is 3. The molecular formula is C24H18ClN5O7+2. The van der Waals surface area contributed by atoms with Crippen molar-refractivity contribution in [3.05, 3.63) is 80.2 Å². The summed E-state index contributed by atoms with van der Waals surface area (Å²) in [7, 11) is 0. The summed E-state index contributed by atoms with van der Waals surface area (Å²) in [6.07, 6.45) is 0. The van der Waals surface area contributed by atoms with Gasteiger partial charge in [-0.3, -0.25) is 19.7 Å². The van der Waals surface area contributed by atoms with E-state index in [-0.39, 0.29) is 46.6 Å². The van der Waals surface area contributed by atoms with Gasteiger partial charge in [-0.15, -0.1) is 0 Å². The number of ketones is 1. The van der Waals surface area contributed by atoms with Crippen molar-refractivity contribution < 1.29 is 33.9 Å². The number of hydrogen-bond donors (Lipinski definition) is 1. The summed E-state index contributed by atoms with van der Waals surface area (Å²) in [5, 5.41) is 21.5. The molecule has 12 nitrogen and oxygen atoms in total. The van der Waals surface area contributed by atoms with Gasteiger partial charge in [0.1, 0.15) is 11.7 Å². The molecule has 0 aliphatic carbocycles. The second-order valence-corrected chi connectivity index (χ2v) is 9.71. The number of quaternary nitrogens is 1. The van der Waals surface area contributed by atoms with Gasteiger partial charge in [-0.05, 0) is 24.3 Å². The third-order valence-corrected chi connectivity index (χ3v) is 7.84. The Bertz CT molecular complexity index is 1590. The lowest BCUT2D eigenvalue weighted by molar-refractivity contribution is -0.852. The van der Waals surface area contributed by atoms with Crippen LogP contribution in [0.2, 0.25) is 5.02 Å². The molecule has 0 aromatic heterocycles. The number of amides is 3. The lowest BCUT2D eigenvalue weighted by atomic mass is 9.98. The molecule has 1 spiro atoms. The predicted octanol–water partition coefficient (Wildman–Crippen LogP) is 3.39. The van der Waals surface area contributed by atoms with Gasteiger partial charge in [0.2, 0.25) is 5.78 Å². The molecule has 2 bridgehead atoms. The Balaban J connectivity index is 1.44. The summed E-state index contributed by atoms with van der Waals surface area (Å²) in [6, 6.07) is 10.7. The van der Waals surface area contributed by atoms with E-state index in [4.69, 9.17) is 11.6 Å². The Kier molecular flexibility index (Phi) is 4.92. The molecule has 4 atom stereocenters. The van der Waals surface area contributed by atoms with Crippen LogP contribution in [0.25, 0.3) is 10.8 Å². The Morgan fingerprint density at radius 1 is 1.03 bits per heavy atom. The molecule has 3 aliphatic heterocycles. The molecule has 3 aromatic carbocycles. The summed E-state index contributed by atoms with van der Waals surface area (Å²) in [5.41, 5.74) is -0.190. The maximum atomic E-state index is 14.1. The van der Waals surface area contributed by atoms with Crippen LogP contribution in [-0.2, 0) is 4.79 Å². The molecule has 186 valence electrons. The van der Waals surface area contributed by atoms with Crippen molar-refractivity contribution in [1.82, 2.24) is 4.90 Å². The molecule has 3 heterocycles. The molecule has 3 fully saturated rings. The van der Waals surface area contributed by atoms with E-state index >= 15 is 0 Å². The number of Topliss-reactive ketones (excluding diaryl/α,β-unsaturated/α-hetero) is 1. The molecule has 37 heavy (non-hydrogen) atoms. The van der Waals surface area contributed by atoms with Crippen molar-refractivity contribution in [2.75, 3.05) is 24.7 Å². The lowest BCUT2D eigenvalue weighted by Crippen LogP contribution is -2.62. The van der Waals surface area contributed by atoms with E-state index < -0.39 is 44.9 Å². The highest BCUT2D eigenvalue weighted by Gasteiger charge is 2.73. The fourth-order valence-electron chi connectivity index (χ4n) is 5.89. The number of nitro groups is 1. The molecule has 3 aromatic rings. The normalized spacial score (nSPS) is 26.1. The topological polar surface area (TPSA) is 141 Å². The van der Waals surface area contributed by atoms with Gasteiger partial charge in [-0.1, -0.05) is 29.8 Å². The van der Waals surface area contributed by atoms with Crippen LogP contribution in [0.15, 0.2) is 54.6 Å². The number of nitrogens with zero attached hydrogens (tertiary/aromatic N) is 5. The number of rotatable bonds is 5. The third kappa shape index (κ3) is 3.06. The number of carbonyl (C=O) groups excluding carboxylic acids is 3. The number of anilines is 1. The Morgan fingerprint density at radius 3 is 2.46 bits per heavy atom. The fourth-order valence-corrected chi connectivity index (χ4v) is 6.08. The van der Waals surface area contributed by atoms with Crippen molar-refractivity contribution >= 4 is 57.2 Å². The molecule has 0 radical (unpaired) electrons. The predicted molar refractivity (Wildman–Crippen MR) is 129 cm³/mol. The standard InChI is InChI=1S/C24H18ClN5O7/c25-16-6-5-13(9-19(16)29(36)37)22(31)20-10-26-11-21-23(32)27(24(33)30(20,21)12-26)17-7-8-18(28(34)35)15-4-2-1-3-14(15)17/h1-9,20-21H,10-12H2,(H,34,35)/q+2. The fraction of sp³-hybridized carbons (Fsp3) is 0.208. The van der Waals surface area contributed by atoms with E-state index in [2.05, 4.69) is 0 Å². The SMILES string of the molecule is O=C(c1ccc(Cl)c([N+](=O)[O-])c1)C1C[N@@]2CC3C(=O)N(c4ccc([N+](=O)O)c5ccccc45)C(=O)[N+]13C2. The van der Waals surface area contributed by atoms with Crippen molar-refractivity contribution in [3.63, 3.8) is 0 Å². The van der Waals surface area contributed by atoms with Gasteiger partial charge in [0, 0.05) is 23.1 Å². The first-order chi connectivity index (χ1) is 17.6. The molecular weight excluding hydrogens is 506 g/mol. The van der Waals surface area contributed by atoms with Gasteiger partial charge < -0.3 is 0 Å². The lowest BCUT2D eigenvalue weighted by Gasteiger charge is -2.32. The van der Waals surface area contributed by atoms with Gasteiger partial charge in [0.15, 0.2) is 12.1 Å². The summed E-state index contributed by atoms with van der Waals surface area (Å²) < 4.78 is -0.433. The van der Waals surface area contributed by atoms with E-state index in [9.17, 15) is 34.6 Å². The Hall–Kier alpha value is -4.26. The highest BCUT2D eigenvalue weighted by Crippen LogP contribution is 2.46. The van der Waals surface area contributed by atoms with Gasteiger partial charge in [0.25, 0.3) is 16.5 Å². The van der Waals surface area contributed by atoms with Crippen molar-refractivity contribution in [1.29, 1.82) is 0 Å². The maximum Gasteiger partial charge on any atom is 0.433 e. The summed E-state index contributed by atoms with van der Waals surface area (Å²) in [5.74, 6) is -0.967. The van der Waals surface area contributed by atoms with Crippen LogP contribution < -0.4 is 4.90 Å². The van der Waals surface area contributed by atoms with Gasteiger partial charge >= 0.3 is 11.7 Å². The number of halogens is 1. The summed E-state index contributed by atoms with van der Waals surface area (Å²) in [6.45, 7) is 0.652. The zero-order valence-corrected chi connectivity index (χ0v) is 19.7. The number of benzene rings is 3. The van der Waals surface area contributed by atoms with E-state index in [1.807, 2.05) is 4.90 Å². The summed E-state index contributed by atoms with van der Waals surface area (Å²) >= 11 is 5.91. The van der Waals surface area contributed by atoms with Gasteiger partial charge in [-0.25, -0.2) is 19.4 Å². The molecule has 13 heteroatoms. The average Bonchev–Trinajstić information content (AvgIpc) is 3.51. The zero-order chi connectivity index (χ0) is 26.2. The van der Waals surface area contributed by atoms with E-state index in [1.165, 1.54) is 24.3 Å². The second kappa shape index (κ2) is 7.87. The molecule has 6 rings (SSSR count). The van der Waals surface area contributed by atoms with E-state index in [1.54, 1.807) is 24.3 Å². The van der Waals surface area contributed by atoms with Crippen molar-refractivity contribution in [2.24, 2.45) is 0 Å². The number of nitro benzene ring substituents is 1. The third-order valence-electron chi connectivity index (χ3n) is 7.52. The highest BCUT2D eigenvalue weighted by atomic mass is 35.5. The van der Waals surface area contributed by atoms with Gasteiger partial charge in [-0.2, -0.15) is 4.90 Å². The van der Waals surface area contributed by atoms with E-state index in [0.717, 1.165) is 11.0 Å². The molecule has 3 amide bonds. The van der Waals surface area contributed by atoms with E-state index in [0.29, 0.717) is 10.8 Å². The number of fused-ring (bicyclic) bond motifs is 2. The number of hydrogen-bond acceptors (Lipinski definition) is 7. The first-order valence-electron chi connectivity index (χ1n) is 11.3. The minimum absolute atomic E-state index is 0.0353. The van der Waals surface area contributed by atoms with Crippen LogP contribution in [0.4, 0.5) is 21.9 Å². The molecule has 1 N–H and O–H groups in total. The Labute approximate surface area is 213 Å². The first-order valence-corrected chi connectivity index (χ1v) is 11.7. The largest absolute Gasteiger partial charge is 0.433 e.